The lowest BCUT2D eigenvalue weighted by Crippen LogP contribution is -1.97. The fourth-order valence-electron chi connectivity index (χ4n) is 7.86. The van der Waals surface area contributed by atoms with Gasteiger partial charge in [0.05, 0.1) is 27.1 Å². The number of hydrogen-bond acceptors (Lipinski definition) is 3. The van der Waals surface area contributed by atoms with Gasteiger partial charge in [0.1, 0.15) is 0 Å². The minimum absolute atomic E-state index is 0.720. The fraction of sp³-hybridized carbons (Fsp3) is 0.0833. The van der Waals surface area contributed by atoms with Crippen LogP contribution in [0.1, 0.15) is 25.3 Å². The molecule has 0 unspecified atom stereocenters. The zero-order chi connectivity index (χ0) is 34.6. The molecule has 10 aromatic rings. The van der Waals surface area contributed by atoms with Crippen molar-refractivity contribution in [3.63, 3.8) is 0 Å². The lowest BCUT2D eigenvalue weighted by molar-refractivity contribution is 0.795. The van der Waals surface area contributed by atoms with Crippen LogP contribution in [0.25, 0.3) is 92.3 Å². The van der Waals surface area contributed by atoms with Gasteiger partial charge in [-0.1, -0.05) is 129 Å². The second kappa shape index (κ2) is 12.6. The van der Waals surface area contributed by atoms with Gasteiger partial charge in [-0.3, -0.25) is 0 Å². The number of thiophene rings is 1. The molecule has 0 bridgehead atoms. The summed E-state index contributed by atoms with van der Waals surface area (Å²) in [4.78, 5) is 10.3. The first kappa shape index (κ1) is 30.7. The van der Waals surface area contributed by atoms with Crippen molar-refractivity contribution in [2.45, 2.75) is 26.2 Å². The number of nitrogens with zero attached hydrogens (tertiary/aromatic N) is 3. The summed E-state index contributed by atoms with van der Waals surface area (Å²) in [6.45, 7) is 2.24. The summed E-state index contributed by atoms with van der Waals surface area (Å²) in [7, 11) is 0. The first-order chi connectivity index (χ1) is 25.7. The van der Waals surface area contributed by atoms with Gasteiger partial charge in [0.25, 0.3) is 0 Å². The molecule has 3 heterocycles. The summed E-state index contributed by atoms with van der Waals surface area (Å²) in [5, 5.41) is 7.82. The highest BCUT2D eigenvalue weighted by atomic mass is 32.1. The Bertz CT molecular complexity index is 2920. The van der Waals surface area contributed by atoms with Crippen LogP contribution in [0.2, 0.25) is 0 Å². The summed E-state index contributed by atoms with van der Waals surface area (Å²) in [6.07, 6.45) is 3.49. The molecule has 3 nitrogen and oxygen atoms in total. The van der Waals surface area contributed by atoms with E-state index in [0.717, 1.165) is 46.0 Å². The predicted molar refractivity (Wildman–Crippen MR) is 222 cm³/mol. The number of unbranched alkanes of at least 4 members (excludes halogenated alkanes) is 1. The number of aromatic nitrogens is 3. The van der Waals surface area contributed by atoms with Crippen molar-refractivity contribution in [2.24, 2.45) is 0 Å². The molecule has 4 heteroatoms. The summed E-state index contributed by atoms with van der Waals surface area (Å²) in [5.41, 5.74) is 9.95. The Morgan fingerprint density at radius 2 is 1.13 bits per heavy atom. The third kappa shape index (κ3) is 5.02. The molecule has 0 saturated carbocycles. The van der Waals surface area contributed by atoms with E-state index in [1.54, 1.807) is 0 Å². The van der Waals surface area contributed by atoms with Gasteiger partial charge in [-0.15, -0.1) is 11.3 Å². The molecule has 0 aliphatic heterocycles. The first-order valence-corrected chi connectivity index (χ1v) is 19.0. The Morgan fingerprint density at radius 1 is 0.538 bits per heavy atom. The highest BCUT2D eigenvalue weighted by Gasteiger charge is 2.21. The van der Waals surface area contributed by atoms with Gasteiger partial charge in [-0.2, -0.15) is 0 Å². The van der Waals surface area contributed by atoms with Gasteiger partial charge >= 0.3 is 0 Å². The Labute approximate surface area is 306 Å². The summed E-state index contributed by atoms with van der Waals surface area (Å²) >= 11 is 1.89. The summed E-state index contributed by atoms with van der Waals surface area (Å²) in [5.74, 6) is 0.720. The van der Waals surface area contributed by atoms with Gasteiger partial charge < -0.3 is 4.57 Å². The topological polar surface area (TPSA) is 30.7 Å². The van der Waals surface area contributed by atoms with Crippen LogP contribution in [0.3, 0.4) is 0 Å². The number of benzene rings is 7. The Hall–Kier alpha value is -6.10. The second-order valence-corrected chi connectivity index (χ2v) is 14.7. The normalized spacial score (nSPS) is 11.8. The van der Waals surface area contributed by atoms with Crippen molar-refractivity contribution in [3.05, 3.63) is 163 Å². The smallest absolute Gasteiger partial charge is 0.160 e. The molecule has 0 amide bonds. The highest BCUT2D eigenvalue weighted by molar-refractivity contribution is 7.27. The number of fused-ring (bicyclic) bond motifs is 10. The molecule has 0 radical (unpaired) electrons. The molecule has 0 atom stereocenters. The minimum Gasteiger partial charge on any atom is -0.308 e. The maximum Gasteiger partial charge on any atom is 0.160 e. The predicted octanol–water partition coefficient (Wildman–Crippen LogP) is 13.4. The number of hydrogen-bond donors (Lipinski definition) is 0. The van der Waals surface area contributed by atoms with Crippen molar-refractivity contribution >= 4 is 64.1 Å². The van der Waals surface area contributed by atoms with Crippen molar-refractivity contribution in [1.29, 1.82) is 0 Å². The maximum absolute atomic E-state index is 5.17. The Kier molecular flexibility index (Phi) is 7.43. The highest BCUT2D eigenvalue weighted by Crippen LogP contribution is 2.47. The molecule has 0 aliphatic carbocycles. The SMILES string of the molecule is CCCCc1ccc(-c2cc(-c3ccccc3)nc(-c3ccc(-n4c5ccccc5c5c6ccccc6c6c7ccccc7sc6c54)cc3)n2)cc1. The minimum atomic E-state index is 0.720. The van der Waals surface area contributed by atoms with Crippen LogP contribution in [0, 0.1) is 0 Å². The molecule has 3 aromatic heterocycles. The molecule has 0 spiro atoms. The van der Waals surface area contributed by atoms with E-state index in [-0.39, 0.29) is 0 Å². The van der Waals surface area contributed by atoms with Crippen LogP contribution in [-0.4, -0.2) is 14.5 Å². The van der Waals surface area contributed by atoms with Gasteiger partial charge in [-0.05, 0) is 71.6 Å². The van der Waals surface area contributed by atoms with Crippen molar-refractivity contribution in [3.8, 4) is 39.6 Å². The lowest BCUT2D eigenvalue weighted by atomic mass is 9.99. The molecule has 0 saturated heterocycles. The van der Waals surface area contributed by atoms with E-state index in [1.807, 2.05) is 17.4 Å². The molecular formula is C48H35N3S. The van der Waals surface area contributed by atoms with Crippen LogP contribution in [0.4, 0.5) is 0 Å². The van der Waals surface area contributed by atoms with E-state index in [2.05, 4.69) is 163 Å². The third-order valence-corrected chi connectivity index (χ3v) is 11.6. The summed E-state index contributed by atoms with van der Waals surface area (Å²) < 4.78 is 5.09. The lowest BCUT2D eigenvalue weighted by Gasteiger charge is -2.12. The van der Waals surface area contributed by atoms with E-state index in [0.29, 0.717) is 0 Å². The van der Waals surface area contributed by atoms with Crippen molar-refractivity contribution in [2.75, 3.05) is 0 Å². The summed E-state index contributed by atoms with van der Waals surface area (Å²) in [6, 6.07) is 56.8. The third-order valence-electron chi connectivity index (χ3n) is 10.4. The van der Waals surface area contributed by atoms with Crippen molar-refractivity contribution in [1.82, 2.24) is 14.5 Å². The van der Waals surface area contributed by atoms with E-state index in [9.17, 15) is 0 Å². The van der Waals surface area contributed by atoms with Crippen molar-refractivity contribution < 1.29 is 0 Å². The van der Waals surface area contributed by atoms with Gasteiger partial charge in [0.2, 0.25) is 0 Å². The fourth-order valence-corrected chi connectivity index (χ4v) is 9.12. The van der Waals surface area contributed by atoms with E-state index in [1.165, 1.54) is 71.2 Å². The van der Waals surface area contributed by atoms with Crippen LogP contribution in [0.5, 0.6) is 0 Å². The van der Waals surface area contributed by atoms with Gasteiger partial charge in [0, 0.05) is 48.6 Å². The van der Waals surface area contributed by atoms with Gasteiger partial charge in [0.15, 0.2) is 5.82 Å². The van der Waals surface area contributed by atoms with Crippen LogP contribution < -0.4 is 0 Å². The quantitative estimate of drug-likeness (QED) is 0.167. The Balaban J connectivity index is 1.16. The first-order valence-electron chi connectivity index (χ1n) is 18.1. The average molecular weight is 686 g/mol. The van der Waals surface area contributed by atoms with Gasteiger partial charge in [-0.25, -0.2) is 9.97 Å². The molecule has 52 heavy (non-hydrogen) atoms. The zero-order valence-corrected chi connectivity index (χ0v) is 29.7. The monoisotopic (exact) mass is 685 g/mol. The standard InChI is InChI=1S/C48H35N3S/c1-2-3-13-31-22-24-33(25-23-31)41-30-40(32-14-5-4-6-15-32)49-48(50-41)34-26-28-35(29-27-34)51-42-20-11-9-18-38(42)44-36-16-7-8-17-37(36)45-39-19-10-12-21-43(39)52-47(45)46(44)51/h4-12,14-30H,2-3,13H2,1H3. The number of para-hydroxylation sites is 1. The second-order valence-electron chi connectivity index (χ2n) is 13.6. The molecule has 248 valence electrons. The van der Waals surface area contributed by atoms with E-state index in [4.69, 9.17) is 9.97 Å². The molecule has 10 rings (SSSR count). The average Bonchev–Trinajstić information content (AvgIpc) is 3.78. The molecule has 0 fully saturated rings. The molecule has 0 aliphatic rings. The van der Waals surface area contributed by atoms with E-state index < -0.39 is 0 Å². The van der Waals surface area contributed by atoms with Crippen LogP contribution >= 0.6 is 11.3 Å². The van der Waals surface area contributed by atoms with Crippen LogP contribution in [0.15, 0.2) is 158 Å². The molecule has 0 N–H and O–H groups in total. The largest absolute Gasteiger partial charge is 0.308 e. The number of rotatable bonds is 7. The molecule has 7 aromatic carbocycles. The Morgan fingerprint density at radius 3 is 1.87 bits per heavy atom. The zero-order valence-electron chi connectivity index (χ0n) is 28.9. The number of aryl methyl sites for hydroxylation is 1. The maximum atomic E-state index is 5.17. The van der Waals surface area contributed by atoms with Crippen LogP contribution in [-0.2, 0) is 6.42 Å². The van der Waals surface area contributed by atoms with E-state index >= 15 is 0 Å². The molecular weight excluding hydrogens is 651 g/mol.